The molecule has 152 valence electrons. The first kappa shape index (κ1) is 19.5. The Morgan fingerprint density at radius 1 is 1.07 bits per heavy atom. The maximum Gasteiger partial charge on any atom is 0.250 e. The summed E-state index contributed by atoms with van der Waals surface area (Å²) in [6.45, 7) is 4.37. The molecule has 4 aromatic rings. The minimum atomic E-state index is -0.0714. The van der Waals surface area contributed by atoms with E-state index in [1.54, 1.807) is 29.1 Å². The molecule has 0 aliphatic heterocycles. The maximum atomic E-state index is 12.0. The molecule has 30 heavy (non-hydrogen) atoms. The highest BCUT2D eigenvalue weighted by atomic mass is 16.5. The zero-order chi connectivity index (χ0) is 21.3. The van der Waals surface area contributed by atoms with Gasteiger partial charge in [-0.2, -0.15) is 0 Å². The summed E-state index contributed by atoms with van der Waals surface area (Å²) in [6, 6.07) is 12.8. The van der Waals surface area contributed by atoms with Crippen LogP contribution in [0.15, 0.2) is 64.2 Å². The van der Waals surface area contributed by atoms with Gasteiger partial charge in [0.15, 0.2) is 17.3 Å². The van der Waals surface area contributed by atoms with E-state index in [0.717, 1.165) is 16.7 Å². The summed E-state index contributed by atoms with van der Waals surface area (Å²) in [6.07, 6.45) is 3.34. The fourth-order valence-corrected chi connectivity index (χ4v) is 3.11. The highest BCUT2D eigenvalue weighted by Gasteiger charge is 2.16. The van der Waals surface area contributed by atoms with E-state index >= 15 is 0 Å². The summed E-state index contributed by atoms with van der Waals surface area (Å²) in [5.41, 5.74) is 16.0. The van der Waals surface area contributed by atoms with Gasteiger partial charge in [0.2, 0.25) is 0 Å². The molecule has 0 spiro atoms. The highest BCUT2D eigenvalue weighted by Crippen LogP contribution is 2.29. The van der Waals surface area contributed by atoms with E-state index in [1.165, 1.54) is 6.07 Å². The standard InChI is InChI=1S/C22H22N6O2/c1-13(2)28-12-16(7-8-20(28)29)18-11-25-22(24)21(26-18)19-9-17(27-30-19)15-5-3-14(10-23)4-6-15/h3-9,11-13H,10,23H2,1-2H3,(H2,24,25). The van der Waals surface area contributed by atoms with Crippen molar-refractivity contribution in [1.82, 2.24) is 19.7 Å². The van der Waals surface area contributed by atoms with Gasteiger partial charge in [-0.25, -0.2) is 9.97 Å². The Balaban J connectivity index is 1.72. The smallest absolute Gasteiger partial charge is 0.250 e. The molecule has 4 N–H and O–H groups in total. The van der Waals surface area contributed by atoms with E-state index in [4.69, 9.17) is 16.0 Å². The van der Waals surface area contributed by atoms with E-state index in [2.05, 4.69) is 15.1 Å². The predicted molar refractivity (Wildman–Crippen MR) is 115 cm³/mol. The molecule has 0 aliphatic rings. The number of nitrogens with two attached hydrogens (primary N) is 2. The van der Waals surface area contributed by atoms with Crippen LogP contribution in [0.2, 0.25) is 0 Å². The molecule has 0 amide bonds. The van der Waals surface area contributed by atoms with Crippen molar-refractivity contribution in [3.8, 4) is 34.0 Å². The number of rotatable bonds is 5. The number of pyridine rings is 1. The molecule has 0 fully saturated rings. The van der Waals surface area contributed by atoms with Gasteiger partial charge in [0, 0.05) is 42.0 Å². The lowest BCUT2D eigenvalue weighted by atomic mass is 10.1. The maximum absolute atomic E-state index is 12.0. The van der Waals surface area contributed by atoms with Crippen molar-refractivity contribution >= 4 is 5.82 Å². The molecule has 0 bridgehead atoms. The van der Waals surface area contributed by atoms with Crippen molar-refractivity contribution < 1.29 is 4.52 Å². The second-order valence-corrected chi connectivity index (χ2v) is 7.22. The number of hydrogen-bond donors (Lipinski definition) is 2. The normalized spacial score (nSPS) is 11.2. The van der Waals surface area contributed by atoms with Crippen LogP contribution in [0.1, 0.15) is 25.5 Å². The van der Waals surface area contributed by atoms with Gasteiger partial charge < -0.3 is 20.6 Å². The number of nitrogen functional groups attached to an aromatic ring is 1. The summed E-state index contributed by atoms with van der Waals surface area (Å²) < 4.78 is 7.15. The average molecular weight is 402 g/mol. The Morgan fingerprint density at radius 3 is 2.50 bits per heavy atom. The minimum Gasteiger partial charge on any atom is -0.382 e. The number of nitrogens with zero attached hydrogens (tertiary/aromatic N) is 4. The quantitative estimate of drug-likeness (QED) is 0.525. The van der Waals surface area contributed by atoms with Gasteiger partial charge >= 0.3 is 0 Å². The van der Waals surface area contributed by atoms with Gasteiger partial charge in [0.1, 0.15) is 5.69 Å². The molecule has 8 nitrogen and oxygen atoms in total. The Kier molecular flexibility index (Phi) is 5.16. The highest BCUT2D eigenvalue weighted by molar-refractivity contribution is 5.72. The Morgan fingerprint density at radius 2 is 1.80 bits per heavy atom. The average Bonchev–Trinajstić information content (AvgIpc) is 3.24. The van der Waals surface area contributed by atoms with Crippen molar-refractivity contribution in [2.75, 3.05) is 5.73 Å². The molecular formula is C22H22N6O2. The van der Waals surface area contributed by atoms with Crippen LogP contribution in [0.3, 0.4) is 0 Å². The van der Waals surface area contributed by atoms with Crippen molar-refractivity contribution in [3.63, 3.8) is 0 Å². The molecule has 0 aliphatic carbocycles. The SMILES string of the molecule is CC(C)n1cc(-c2cnc(N)c(-c3cc(-c4ccc(CN)cc4)no3)n2)ccc1=O. The van der Waals surface area contributed by atoms with E-state index in [1.807, 2.05) is 38.1 Å². The van der Waals surface area contributed by atoms with Crippen LogP contribution >= 0.6 is 0 Å². The summed E-state index contributed by atoms with van der Waals surface area (Å²) in [5.74, 6) is 0.647. The van der Waals surface area contributed by atoms with Gasteiger partial charge in [-0.15, -0.1) is 0 Å². The molecule has 0 saturated carbocycles. The monoisotopic (exact) mass is 402 g/mol. The van der Waals surface area contributed by atoms with Crippen LogP contribution < -0.4 is 17.0 Å². The fourth-order valence-electron chi connectivity index (χ4n) is 3.11. The van der Waals surface area contributed by atoms with E-state index in [0.29, 0.717) is 29.4 Å². The zero-order valence-electron chi connectivity index (χ0n) is 16.7. The molecule has 4 rings (SSSR count). The lowest BCUT2D eigenvalue weighted by molar-refractivity contribution is 0.434. The number of anilines is 1. The molecule has 0 saturated heterocycles. The van der Waals surface area contributed by atoms with Gasteiger partial charge in [0.25, 0.3) is 5.56 Å². The first-order chi connectivity index (χ1) is 14.5. The molecule has 0 radical (unpaired) electrons. The molecule has 0 unspecified atom stereocenters. The first-order valence-electron chi connectivity index (χ1n) is 9.58. The van der Waals surface area contributed by atoms with Gasteiger partial charge in [-0.05, 0) is 25.5 Å². The van der Waals surface area contributed by atoms with Gasteiger partial charge in [-0.1, -0.05) is 29.4 Å². The molecule has 0 atom stereocenters. The van der Waals surface area contributed by atoms with Crippen LogP contribution in [0.4, 0.5) is 5.82 Å². The summed E-state index contributed by atoms with van der Waals surface area (Å²) in [7, 11) is 0. The largest absolute Gasteiger partial charge is 0.382 e. The topological polar surface area (TPSA) is 126 Å². The van der Waals surface area contributed by atoms with Crippen LogP contribution in [0.25, 0.3) is 34.0 Å². The Hall–Kier alpha value is -3.78. The number of hydrogen-bond acceptors (Lipinski definition) is 7. The van der Waals surface area contributed by atoms with Crippen LogP contribution in [0, 0.1) is 0 Å². The zero-order valence-corrected chi connectivity index (χ0v) is 16.7. The van der Waals surface area contributed by atoms with Crippen molar-refractivity contribution in [2.24, 2.45) is 5.73 Å². The van der Waals surface area contributed by atoms with E-state index in [9.17, 15) is 4.79 Å². The van der Waals surface area contributed by atoms with Crippen LogP contribution in [0.5, 0.6) is 0 Å². The van der Waals surface area contributed by atoms with Crippen LogP contribution in [-0.4, -0.2) is 19.7 Å². The lowest BCUT2D eigenvalue weighted by Crippen LogP contribution is -2.20. The molecule has 3 aromatic heterocycles. The molecule has 8 heteroatoms. The summed E-state index contributed by atoms with van der Waals surface area (Å²) >= 11 is 0. The van der Waals surface area contributed by atoms with Crippen LogP contribution in [-0.2, 0) is 6.54 Å². The second kappa shape index (κ2) is 7.92. The third kappa shape index (κ3) is 3.72. The number of benzene rings is 1. The van der Waals surface area contributed by atoms with Crippen molar-refractivity contribution in [2.45, 2.75) is 26.4 Å². The summed E-state index contributed by atoms with van der Waals surface area (Å²) in [5, 5.41) is 4.14. The lowest BCUT2D eigenvalue weighted by Gasteiger charge is -2.11. The second-order valence-electron chi connectivity index (χ2n) is 7.22. The third-order valence-electron chi connectivity index (χ3n) is 4.82. The van der Waals surface area contributed by atoms with Gasteiger partial charge in [-0.3, -0.25) is 4.79 Å². The minimum absolute atomic E-state index is 0.0288. The first-order valence-corrected chi connectivity index (χ1v) is 9.58. The molecule has 1 aromatic carbocycles. The van der Waals surface area contributed by atoms with E-state index in [-0.39, 0.29) is 17.4 Å². The Labute approximate surface area is 173 Å². The van der Waals surface area contributed by atoms with Crippen molar-refractivity contribution in [1.29, 1.82) is 0 Å². The van der Waals surface area contributed by atoms with E-state index < -0.39 is 0 Å². The molecular weight excluding hydrogens is 380 g/mol. The van der Waals surface area contributed by atoms with Crippen molar-refractivity contribution in [3.05, 3.63) is 70.8 Å². The number of aromatic nitrogens is 4. The summed E-state index contributed by atoms with van der Waals surface area (Å²) in [4.78, 5) is 20.9. The third-order valence-corrected chi connectivity index (χ3v) is 4.82. The fraction of sp³-hybridized carbons (Fsp3) is 0.182. The Bertz CT molecular complexity index is 1240. The predicted octanol–water partition coefficient (Wildman–Crippen LogP) is 3.25. The molecule has 3 heterocycles. The van der Waals surface area contributed by atoms with Gasteiger partial charge in [0.05, 0.1) is 11.9 Å².